The summed E-state index contributed by atoms with van der Waals surface area (Å²) >= 11 is 0. The number of benzene rings is 1. The molecule has 0 amide bonds. The lowest BCUT2D eigenvalue weighted by atomic mass is 10.1. The van der Waals surface area contributed by atoms with Gasteiger partial charge in [0, 0.05) is 0 Å². The molecule has 0 aromatic heterocycles. The molecule has 17 heavy (non-hydrogen) atoms. The Kier molecular flexibility index (Phi) is 7.71. The number of fused-ring (bicyclic) bond motifs is 1. The Morgan fingerprint density at radius 3 is 2.18 bits per heavy atom. The summed E-state index contributed by atoms with van der Waals surface area (Å²) in [5.41, 5.74) is 1.29. The van der Waals surface area contributed by atoms with Crippen molar-refractivity contribution < 1.29 is 9.47 Å². The zero-order chi connectivity index (χ0) is 13.3. The zero-order valence-corrected chi connectivity index (χ0v) is 11.2. The molecule has 0 bridgehead atoms. The van der Waals surface area contributed by atoms with Gasteiger partial charge in [0.15, 0.2) is 11.5 Å². The summed E-state index contributed by atoms with van der Waals surface area (Å²) in [6, 6.07) is 6.05. The van der Waals surface area contributed by atoms with Crippen LogP contribution in [0, 0.1) is 18.8 Å². The number of terminal acetylenes is 1. The summed E-state index contributed by atoms with van der Waals surface area (Å²) in [6.07, 6.45) is 9.04. The number of hydrogen-bond donors (Lipinski definition) is 0. The SMILES string of the molecule is C#C.CC(C)C.CCc1ccc2c(c1)OCO2. The Bertz CT molecular complexity index is 337. The fraction of sp³-hybridized carbons (Fsp3) is 0.467. The Labute approximate surface area is 105 Å². The van der Waals surface area contributed by atoms with Crippen LogP contribution in [0.5, 0.6) is 11.5 Å². The molecular weight excluding hydrogens is 212 g/mol. The predicted molar refractivity (Wildman–Crippen MR) is 72.3 cm³/mol. The molecule has 0 spiro atoms. The maximum Gasteiger partial charge on any atom is 0.231 e. The summed E-state index contributed by atoms with van der Waals surface area (Å²) < 4.78 is 10.4. The first-order valence-corrected chi connectivity index (χ1v) is 5.85. The predicted octanol–water partition coefficient (Wildman–Crippen LogP) is 3.89. The highest BCUT2D eigenvalue weighted by Gasteiger charge is 2.11. The van der Waals surface area contributed by atoms with Gasteiger partial charge in [-0.3, -0.25) is 0 Å². The number of hydrogen-bond acceptors (Lipinski definition) is 2. The largest absolute Gasteiger partial charge is 0.454 e. The molecule has 0 saturated carbocycles. The second-order valence-electron chi connectivity index (χ2n) is 4.27. The van der Waals surface area contributed by atoms with Gasteiger partial charge in [0.25, 0.3) is 0 Å². The summed E-state index contributed by atoms with van der Waals surface area (Å²) in [5.74, 6) is 2.58. The number of aryl methyl sites for hydroxylation is 1. The lowest BCUT2D eigenvalue weighted by Gasteiger charge is -1.97. The third kappa shape index (κ3) is 5.87. The van der Waals surface area contributed by atoms with Crippen LogP contribution in [0.3, 0.4) is 0 Å². The van der Waals surface area contributed by atoms with Gasteiger partial charge in [0.05, 0.1) is 0 Å². The fourth-order valence-electron chi connectivity index (χ4n) is 1.16. The highest BCUT2D eigenvalue weighted by molar-refractivity contribution is 5.44. The Morgan fingerprint density at radius 2 is 1.65 bits per heavy atom. The average Bonchev–Trinajstić information content (AvgIpc) is 2.77. The van der Waals surface area contributed by atoms with Gasteiger partial charge in [-0.1, -0.05) is 33.8 Å². The van der Waals surface area contributed by atoms with Crippen molar-refractivity contribution in [1.29, 1.82) is 0 Å². The molecule has 0 fully saturated rings. The third-order valence-electron chi connectivity index (χ3n) is 1.85. The van der Waals surface area contributed by atoms with Crippen molar-refractivity contribution in [2.45, 2.75) is 34.1 Å². The minimum atomic E-state index is 0.364. The first kappa shape index (κ1) is 15.4. The van der Waals surface area contributed by atoms with E-state index in [9.17, 15) is 0 Å². The van der Waals surface area contributed by atoms with Crippen LogP contribution >= 0.6 is 0 Å². The summed E-state index contributed by atoms with van der Waals surface area (Å²) in [6.45, 7) is 8.99. The van der Waals surface area contributed by atoms with Crippen molar-refractivity contribution in [1.82, 2.24) is 0 Å². The lowest BCUT2D eigenvalue weighted by Crippen LogP contribution is -1.92. The van der Waals surface area contributed by atoms with Gasteiger partial charge in [-0.15, -0.1) is 12.8 Å². The Morgan fingerprint density at radius 1 is 1.12 bits per heavy atom. The van der Waals surface area contributed by atoms with Gasteiger partial charge in [0.1, 0.15) is 0 Å². The van der Waals surface area contributed by atoms with Gasteiger partial charge in [0.2, 0.25) is 6.79 Å². The van der Waals surface area contributed by atoms with Gasteiger partial charge >= 0.3 is 0 Å². The van der Waals surface area contributed by atoms with Crippen LogP contribution in [0.4, 0.5) is 0 Å². The van der Waals surface area contributed by atoms with Crippen LogP contribution in [0.2, 0.25) is 0 Å². The van der Waals surface area contributed by atoms with E-state index in [4.69, 9.17) is 9.47 Å². The third-order valence-corrected chi connectivity index (χ3v) is 1.85. The fourth-order valence-corrected chi connectivity index (χ4v) is 1.16. The highest BCUT2D eigenvalue weighted by Crippen LogP contribution is 2.32. The average molecular weight is 234 g/mol. The molecule has 0 atom stereocenters. The molecule has 1 aliphatic heterocycles. The second kappa shape index (κ2) is 8.52. The van der Waals surface area contributed by atoms with E-state index in [0.29, 0.717) is 6.79 Å². The monoisotopic (exact) mass is 234 g/mol. The molecule has 0 radical (unpaired) electrons. The van der Waals surface area contributed by atoms with Gasteiger partial charge in [-0.2, -0.15) is 0 Å². The van der Waals surface area contributed by atoms with Crippen LogP contribution in [0.25, 0.3) is 0 Å². The summed E-state index contributed by atoms with van der Waals surface area (Å²) in [4.78, 5) is 0. The quantitative estimate of drug-likeness (QED) is 0.686. The maximum atomic E-state index is 5.22. The van der Waals surface area contributed by atoms with Crippen LogP contribution < -0.4 is 9.47 Å². The first-order valence-electron chi connectivity index (χ1n) is 5.85. The lowest BCUT2D eigenvalue weighted by molar-refractivity contribution is 0.174. The van der Waals surface area contributed by atoms with Crippen LogP contribution in [-0.4, -0.2) is 6.79 Å². The Balaban J connectivity index is 0.000000368. The Hall–Kier alpha value is -1.62. The summed E-state index contributed by atoms with van der Waals surface area (Å²) in [5, 5.41) is 0. The molecular formula is C15H22O2. The molecule has 1 aliphatic rings. The van der Waals surface area contributed by atoms with Crippen molar-refractivity contribution in [3.05, 3.63) is 23.8 Å². The van der Waals surface area contributed by atoms with Crippen LogP contribution in [0.1, 0.15) is 33.3 Å². The zero-order valence-electron chi connectivity index (χ0n) is 11.2. The van der Waals surface area contributed by atoms with E-state index < -0.39 is 0 Å². The normalized spacial score (nSPS) is 11.0. The molecule has 2 heteroatoms. The van der Waals surface area contributed by atoms with E-state index in [1.165, 1.54) is 5.56 Å². The summed E-state index contributed by atoms with van der Waals surface area (Å²) in [7, 11) is 0. The molecule has 1 aromatic carbocycles. The smallest absolute Gasteiger partial charge is 0.231 e. The molecule has 0 N–H and O–H groups in total. The van der Waals surface area contributed by atoms with E-state index in [2.05, 4.69) is 46.6 Å². The van der Waals surface area contributed by atoms with Crippen molar-refractivity contribution in [2.24, 2.45) is 5.92 Å². The van der Waals surface area contributed by atoms with Crippen LogP contribution in [-0.2, 0) is 6.42 Å². The van der Waals surface area contributed by atoms with Crippen molar-refractivity contribution in [3.63, 3.8) is 0 Å². The minimum absolute atomic E-state index is 0.364. The van der Waals surface area contributed by atoms with E-state index in [-0.39, 0.29) is 0 Å². The molecule has 0 unspecified atom stereocenters. The molecule has 1 heterocycles. The van der Waals surface area contributed by atoms with E-state index in [1.54, 1.807) is 0 Å². The molecule has 94 valence electrons. The molecule has 1 aromatic rings. The maximum absolute atomic E-state index is 5.22. The molecule has 2 rings (SSSR count). The number of rotatable bonds is 1. The van der Waals surface area contributed by atoms with Crippen molar-refractivity contribution in [3.8, 4) is 24.3 Å². The molecule has 2 nitrogen and oxygen atoms in total. The van der Waals surface area contributed by atoms with Crippen molar-refractivity contribution in [2.75, 3.05) is 6.79 Å². The van der Waals surface area contributed by atoms with Crippen molar-refractivity contribution >= 4 is 0 Å². The van der Waals surface area contributed by atoms with Gasteiger partial charge in [-0.05, 0) is 30.0 Å². The molecule has 0 saturated heterocycles. The molecule has 0 aliphatic carbocycles. The van der Waals surface area contributed by atoms with E-state index in [1.807, 2.05) is 12.1 Å². The number of ether oxygens (including phenoxy) is 2. The van der Waals surface area contributed by atoms with Crippen LogP contribution in [0.15, 0.2) is 18.2 Å². The van der Waals surface area contributed by atoms with E-state index >= 15 is 0 Å². The standard InChI is InChI=1S/C9H10O2.C4H10.C2H2/c1-2-7-3-4-8-9(5-7)11-6-10-8;1-4(2)3;1-2/h3-5H,2,6H2,1H3;4H,1-3H3;1-2H. The minimum Gasteiger partial charge on any atom is -0.454 e. The van der Waals surface area contributed by atoms with Gasteiger partial charge in [-0.25, -0.2) is 0 Å². The first-order chi connectivity index (χ1) is 8.13. The second-order valence-corrected chi connectivity index (χ2v) is 4.27. The van der Waals surface area contributed by atoms with Gasteiger partial charge < -0.3 is 9.47 Å². The topological polar surface area (TPSA) is 18.5 Å². The van der Waals surface area contributed by atoms with E-state index in [0.717, 1.165) is 23.8 Å². The highest BCUT2D eigenvalue weighted by atomic mass is 16.7.